The van der Waals surface area contributed by atoms with E-state index in [9.17, 15) is 36.0 Å². The summed E-state index contributed by atoms with van der Waals surface area (Å²) in [5, 5.41) is 3.20. The highest BCUT2D eigenvalue weighted by Gasteiger charge is 2.44. The number of anilines is 1. The van der Waals surface area contributed by atoms with E-state index in [0.717, 1.165) is 4.57 Å². The van der Waals surface area contributed by atoms with Crippen LogP contribution in [0.25, 0.3) is 11.2 Å². The van der Waals surface area contributed by atoms with Gasteiger partial charge in [-0.25, -0.2) is 18.0 Å². The Labute approximate surface area is 203 Å². The maximum atomic E-state index is 13.4. The zero-order chi connectivity index (χ0) is 26.8. The lowest BCUT2D eigenvalue weighted by Crippen LogP contribution is -2.45. The maximum absolute atomic E-state index is 13.4. The Kier molecular flexibility index (Phi) is 7.81. The molecule has 0 bridgehead atoms. The lowest BCUT2D eigenvalue weighted by atomic mass is 10.4. The fourth-order valence-electron chi connectivity index (χ4n) is 3.58. The van der Waals surface area contributed by atoms with Crippen molar-refractivity contribution in [1.29, 1.82) is 0 Å². The number of imidazole rings is 1. The van der Waals surface area contributed by atoms with Crippen LogP contribution < -0.4 is 21.5 Å². The number of rotatable bonds is 7. The van der Waals surface area contributed by atoms with E-state index in [1.165, 1.54) is 11.6 Å². The Hall–Kier alpha value is -3.36. The van der Waals surface area contributed by atoms with Crippen LogP contribution in [0.3, 0.4) is 0 Å². The first-order valence-corrected chi connectivity index (χ1v) is 12.4. The minimum atomic E-state index is -5.46. The fourth-order valence-corrected chi connectivity index (χ4v) is 4.19. The highest BCUT2D eigenvalue weighted by Crippen LogP contribution is 2.20. The summed E-state index contributed by atoms with van der Waals surface area (Å²) in [5.41, 5.74) is -1.67. The minimum absolute atomic E-state index is 0.00609. The third-order valence-corrected chi connectivity index (χ3v) is 6.32. The molecule has 0 unspecified atom stereocenters. The molecular formula is C19H24F3N7O6S. The molecule has 2 aromatic heterocycles. The molecule has 198 valence electrons. The molecule has 0 aliphatic carbocycles. The number of aromatic nitrogens is 4. The SMILES string of the molecule is CC#CCn1c(N2CCNCC2)nc2c1c(=O)n(CCN(OC(=O)C(F)(F)F)S(C)(=O)=O)c(=O)n2C. The second kappa shape index (κ2) is 10.3. The lowest BCUT2D eigenvalue weighted by molar-refractivity contribution is -0.222. The second-order valence-electron chi connectivity index (χ2n) is 7.80. The van der Waals surface area contributed by atoms with E-state index < -0.39 is 46.5 Å². The average molecular weight is 536 g/mol. The number of hydrogen-bond donors (Lipinski definition) is 1. The number of carbonyl (C=O) groups is 1. The third kappa shape index (κ3) is 5.55. The van der Waals surface area contributed by atoms with E-state index in [0.29, 0.717) is 43.0 Å². The van der Waals surface area contributed by atoms with Crippen molar-refractivity contribution >= 4 is 33.1 Å². The van der Waals surface area contributed by atoms with Gasteiger partial charge in [0.1, 0.15) is 0 Å². The molecule has 17 heteroatoms. The van der Waals surface area contributed by atoms with Gasteiger partial charge in [-0.2, -0.15) is 18.2 Å². The Balaban J connectivity index is 2.08. The zero-order valence-corrected chi connectivity index (χ0v) is 20.4. The molecule has 3 heterocycles. The van der Waals surface area contributed by atoms with Crippen LogP contribution in [0.4, 0.5) is 19.1 Å². The van der Waals surface area contributed by atoms with Gasteiger partial charge in [-0.1, -0.05) is 5.92 Å². The summed E-state index contributed by atoms with van der Waals surface area (Å²) in [6.07, 6.45) is -4.94. The van der Waals surface area contributed by atoms with Crippen molar-refractivity contribution in [2.24, 2.45) is 7.05 Å². The molecule has 0 aromatic carbocycles. The first kappa shape index (κ1) is 27.2. The van der Waals surface area contributed by atoms with Crippen LogP contribution >= 0.6 is 0 Å². The van der Waals surface area contributed by atoms with Crippen molar-refractivity contribution in [2.75, 3.05) is 43.9 Å². The average Bonchev–Trinajstić information content (AvgIpc) is 3.19. The lowest BCUT2D eigenvalue weighted by Gasteiger charge is -2.28. The summed E-state index contributed by atoms with van der Waals surface area (Å²) in [4.78, 5) is 47.9. The van der Waals surface area contributed by atoms with Gasteiger partial charge in [0, 0.05) is 39.8 Å². The fraction of sp³-hybridized carbons (Fsp3) is 0.579. The van der Waals surface area contributed by atoms with E-state index >= 15 is 0 Å². The summed E-state index contributed by atoms with van der Waals surface area (Å²) < 4.78 is 64.6. The molecule has 1 aliphatic heterocycles. The molecular weight excluding hydrogens is 511 g/mol. The smallest absolute Gasteiger partial charge is 0.345 e. The van der Waals surface area contributed by atoms with Crippen LogP contribution in [0, 0.1) is 11.8 Å². The highest BCUT2D eigenvalue weighted by molar-refractivity contribution is 7.88. The standard InChI is InChI=1S/C19H24F3N7O6S/c1-4-5-8-27-13-14(24-17(27)26-9-6-23-7-10-26)25(2)18(32)28(15(13)30)11-12-29(36(3,33)34)35-16(31)19(20,21)22/h23H,6-12H2,1-3H3. The molecule has 0 amide bonds. The molecule has 3 rings (SSSR count). The van der Waals surface area contributed by atoms with Crippen LogP contribution in [-0.4, -0.2) is 82.7 Å². The number of carbonyl (C=O) groups excluding carboxylic acids is 1. The number of nitrogens with zero attached hydrogens (tertiary/aromatic N) is 6. The number of hydroxylamine groups is 1. The van der Waals surface area contributed by atoms with Crippen molar-refractivity contribution in [3.8, 4) is 11.8 Å². The monoisotopic (exact) mass is 535 g/mol. The van der Waals surface area contributed by atoms with E-state index in [1.54, 1.807) is 6.92 Å². The van der Waals surface area contributed by atoms with Gasteiger partial charge in [0.25, 0.3) is 5.56 Å². The summed E-state index contributed by atoms with van der Waals surface area (Å²) in [6.45, 7) is 2.56. The Bertz CT molecular complexity index is 1440. The van der Waals surface area contributed by atoms with Gasteiger partial charge < -0.3 is 15.1 Å². The number of aryl methyl sites for hydroxylation is 1. The maximum Gasteiger partial charge on any atom is 0.492 e. The van der Waals surface area contributed by atoms with Crippen molar-refractivity contribution in [2.45, 2.75) is 26.2 Å². The Morgan fingerprint density at radius 2 is 1.86 bits per heavy atom. The third-order valence-electron chi connectivity index (χ3n) is 5.32. The highest BCUT2D eigenvalue weighted by atomic mass is 32.2. The number of sulfonamides is 1. The summed E-state index contributed by atoms with van der Waals surface area (Å²) in [7, 11) is -3.13. The van der Waals surface area contributed by atoms with Crippen LogP contribution in [0.2, 0.25) is 0 Å². The normalized spacial score (nSPS) is 14.7. The van der Waals surface area contributed by atoms with Crippen LogP contribution in [0.15, 0.2) is 9.59 Å². The molecule has 2 aromatic rings. The molecule has 0 spiro atoms. The topological polar surface area (TPSA) is 141 Å². The van der Waals surface area contributed by atoms with Crippen LogP contribution in [-0.2, 0) is 39.8 Å². The number of halogens is 3. The molecule has 0 atom stereocenters. The van der Waals surface area contributed by atoms with Gasteiger partial charge in [-0.15, -0.1) is 5.92 Å². The molecule has 0 saturated carbocycles. The largest absolute Gasteiger partial charge is 0.492 e. The van der Waals surface area contributed by atoms with E-state index in [-0.39, 0.29) is 22.2 Å². The number of nitrogens with one attached hydrogen (secondary N) is 1. The van der Waals surface area contributed by atoms with Gasteiger partial charge >= 0.3 is 17.8 Å². The van der Waals surface area contributed by atoms with E-state index in [4.69, 9.17) is 0 Å². The summed E-state index contributed by atoms with van der Waals surface area (Å²) >= 11 is 0. The molecule has 0 radical (unpaired) electrons. The van der Waals surface area contributed by atoms with Crippen molar-refractivity contribution < 1.29 is 31.2 Å². The van der Waals surface area contributed by atoms with Gasteiger partial charge in [0.2, 0.25) is 16.0 Å². The van der Waals surface area contributed by atoms with Gasteiger partial charge in [0.05, 0.1) is 19.3 Å². The second-order valence-corrected chi connectivity index (χ2v) is 9.67. The molecule has 1 aliphatic rings. The summed E-state index contributed by atoms with van der Waals surface area (Å²) in [5.74, 6) is 3.23. The molecule has 36 heavy (non-hydrogen) atoms. The van der Waals surface area contributed by atoms with Crippen molar-refractivity contribution in [3.05, 3.63) is 20.8 Å². The Morgan fingerprint density at radius 1 is 1.22 bits per heavy atom. The van der Waals surface area contributed by atoms with E-state index in [1.807, 2.05) is 4.90 Å². The zero-order valence-electron chi connectivity index (χ0n) is 19.6. The number of hydrogen-bond acceptors (Lipinski definition) is 9. The Morgan fingerprint density at radius 3 is 2.42 bits per heavy atom. The van der Waals surface area contributed by atoms with Gasteiger partial charge in [-0.05, 0) is 11.4 Å². The van der Waals surface area contributed by atoms with Crippen LogP contribution in [0.5, 0.6) is 0 Å². The molecule has 1 saturated heterocycles. The predicted octanol–water partition coefficient (Wildman–Crippen LogP) is -1.39. The first-order valence-electron chi connectivity index (χ1n) is 10.6. The van der Waals surface area contributed by atoms with Crippen LogP contribution in [0.1, 0.15) is 6.92 Å². The number of fused-ring (bicyclic) bond motifs is 1. The predicted molar refractivity (Wildman–Crippen MR) is 121 cm³/mol. The van der Waals surface area contributed by atoms with Crippen molar-refractivity contribution in [3.63, 3.8) is 0 Å². The molecule has 1 fully saturated rings. The minimum Gasteiger partial charge on any atom is -0.345 e. The quantitative estimate of drug-likeness (QED) is 0.335. The number of piperazine rings is 1. The molecule has 1 N–H and O–H groups in total. The van der Waals surface area contributed by atoms with Crippen molar-refractivity contribution in [1.82, 2.24) is 28.5 Å². The van der Waals surface area contributed by atoms with Gasteiger partial charge in [-0.3, -0.25) is 18.5 Å². The van der Waals surface area contributed by atoms with E-state index in [2.05, 4.69) is 27.0 Å². The molecule has 13 nitrogen and oxygen atoms in total. The number of alkyl halides is 3. The summed E-state index contributed by atoms with van der Waals surface area (Å²) in [6, 6.07) is 0. The first-order chi connectivity index (χ1) is 16.8. The van der Waals surface area contributed by atoms with Gasteiger partial charge in [0.15, 0.2) is 11.2 Å².